The largest absolute Gasteiger partial charge is 0.352 e. The summed E-state index contributed by atoms with van der Waals surface area (Å²) in [6.07, 6.45) is 4.94. The van der Waals surface area contributed by atoms with Crippen molar-refractivity contribution in [2.24, 2.45) is 0 Å². The number of carbonyl (C=O) groups is 2. The Morgan fingerprint density at radius 3 is 2.29 bits per heavy atom. The number of nitro benzene ring substituents is 1. The second-order valence-corrected chi connectivity index (χ2v) is 12.7. The van der Waals surface area contributed by atoms with E-state index in [1.54, 1.807) is 0 Å². The predicted molar refractivity (Wildman–Crippen MR) is 161 cm³/mol. The van der Waals surface area contributed by atoms with Crippen molar-refractivity contribution in [3.05, 3.63) is 106 Å². The molecule has 1 N–H and O–H groups in total. The molecule has 0 saturated heterocycles. The lowest BCUT2D eigenvalue weighted by atomic mass is 10.0. The molecule has 2 amide bonds. The van der Waals surface area contributed by atoms with Gasteiger partial charge in [-0.15, -0.1) is 0 Å². The Bertz CT molecular complexity index is 1520. The van der Waals surface area contributed by atoms with Crippen LogP contribution in [0, 0.1) is 17.0 Å². The van der Waals surface area contributed by atoms with Gasteiger partial charge in [-0.05, 0) is 37.0 Å². The number of nitrogens with zero attached hydrogens (tertiary/aromatic N) is 3. The van der Waals surface area contributed by atoms with Gasteiger partial charge < -0.3 is 10.2 Å². The number of amides is 2. The Kier molecular flexibility index (Phi) is 9.95. The molecule has 4 rings (SSSR count). The van der Waals surface area contributed by atoms with Crippen LogP contribution in [0.4, 0.5) is 11.4 Å². The number of benzene rings is 3. The normalized spacial score (nSPS) is 14.2. The van der Waals surface area contributed by atoms with Gasteiger partial charge in [-0.3, -0.25) is 24.0 Å². The average molecular weight is 593 g/mol. The number of non-ortho nitro benzene ring substituents is 1. The summed E-state index contributed by atoms with van der Waals surface area (Å²) in [5.74, 6) is -0.899. The van der Waals surface area contributed by atoms with Gasteiger partial charge in [0.05, 0.1) is 16.9 Å². The lowest BCUT2D eigenvalue weighted by Gasteiger charge is -2.34. The SMILES string of the molecule is Cc1cccc(CN(C(=O)CN(c2cccc([N+](=O)[O-])c2)S(C)(=O)=O)[C@H](Cc2ccccc2)C(=O)NC2CCCC2)c1. The topological polar surface area (TPSA) is 130 Å². The van der Waals surface area contributed by atoms with E-state index in [1.807, 2.05) is 61.5 Å². The van der Waals surface area contributed by atoms with Crippen molar-refractivity contribution in [1.29, 1.82) is 0 Å². The van der Waals surface area contributed by atoms with Gasteiger partial charge in [0.1, 0.15) is 12.6 Å². The maximum atomic E-state index is 14.2. The van der Waals surface area contributed by atoms with Gasteiger partial charge in [0, 0.05) is 31.1 Å². The second-order valence-electron chi connectivity index (χ2n) is 10.8. The third-order valence-corrected chi connectivity index (χ3v) is 8.56. The first-order valence-corrected chi connectivity index (χ1v) is 15.8. The molecule has 11 heteroatoms. The van der Waals surface area contributed by atoms with Crippen molar-refractivity contribution < 1.29 is 22.9 Å². The maximum Gasteiger partial charge on any atom is 0.271 e. The summed E-state index contributed by atoms with van der Waals surface area (Å²) < 4.78 is 26.7. The molecule has 222 valence electrons. The zero-order valence-electron chi connectivity index (χ0n) is 23.8. The van der Waals surface area contributed by atoms with Gasteiger partial charge in [-0.25, -0.2) is 8.42 Å². The minimum Gasteiger partial charge on any atom is -0.352 e. The molecule has 1 atom stereocenters. The Morgan fingerprint density at radius 2 is 1.64 bits per heavy atom. The van der Waals surface area contributed by atoms with E-state index in [9.17, 15) is 28.1 Å². The molecule has 42 heavy (non-hydrogen) atoms. The highest BCUT2D eigenvalue weighted by atomic mass is 32.2. The molecular formula is C31H36N4O6S. The van der Waals surface area contributed by atoms with Crippen LogP contribution >= 0.6 is 0 Å². The number of nitrogens with one attached hydrogen (secondary N) is 1. The van der Waals surface area contributed by atoms with Crippen LogP contribution in [0.25, 0.3) is 0 Å². The molecular weight excluding hydrogens is 556 g/mol. The van der Waals surface area contributed by atoms with E-state index in [0.717, 1.165) is 59.0 Å². The molecule has 1 aliphatic carbocycles. The number of rotatable bonds is 12. The second kappa shape index (κ2) is 13.6. The van der Waals surface area contributed by atoms with Crippen LogP contribution < -0.4 is 9.62 Å². The summed E-state index contributed by atoms with van der Waals surface area (Å²) in [5.41, 5.74) is 2.30. The summed E-state index contributed by atoms with van der Waals surface area (Å²) in [7, 11) is -4.03. The summed E-state index contributed by atoms with van der Waals surface area (Å²) >= 11 is 0. The summed E-state index contributed by atoms with van der Waals surface area (Å²) in [4.78, 5) is 40.2. The highest BCUT2D eigenvalue weighted by Gasteiger charge is 2.34. The first-order valence-electron chi connectivity index (χ1n) is 13.9. The number of nitro groups is 1. The minimum atomic E-state index is -4.03. The number of carbonyl (C=O) groups excluding carboxylic acids is 2. The van der Waals surface area contributed by atoms with E-state index in [0.29, 0.717) is 0 Å². The van der Waals surface area contributed by atoms with Crippen molar-refractivity contribution >= 4 is 33.2 Å². The molecule has 1 fully saturated rings. The van der Waals surface area contributed by atoms with Crippen LogP contribution in [0.15, 0.2) is 78.9 Å². The lowest BCUT2D eigenvalue weighted by molar-refractivity contribution is -0.384. The molecule has 0 spiro atoms. The van der Waals surface area contributed by atoms with Gasteiger partial charge in [-0.2, -0.15) is 0 Å². The summed E-state index contributed by atoms with van der Waals surface area (Å²) in [6, 6.07) is 21.2. The van der Waals surface area contributed by atoms with E-state index >= 15 is 0 Å². The molecule has 1 aliphatic rings. The third-order valence-electron chi connectivity index (χ3n) is 7.42. The highest BCUT2D eigenvalue weighted by Crippen LogP contribution is 2.25. The first-order chi connectivity index (χ1) is 20.0. The molecule has 3 aromatic carbocycles. The summed E-state index contributed by atoms with van der Waals surface area (Å²) in [5, 5.41) is 14.5. The van der Waals surface area contributed by atoms with E-state index in [-0.39, 0.29) is 36.3 Å². The number of aryl methyl sites for hydroxylation is 1. The first kappa shape index (κ1) is 30.7. The van der Waals surface area contributed by atoms with Gasteiger partial charge in [0.2, 0.25) is 21.8 Å². The van der Waals surface area contributed by atoms with Crippen LogP contribution in [-0.2, 0) is 32.6 Å². The standard InChI is InChI=1S/C31H36N4O6S/c1-23-10-8-13-25(18-23)21-33(29(19-24-11-4-3-5-12-24)31(37)32-26-14-6-7-15-26)30(36)22-34(42(2,40)41)27-16-9-17-28(20-27)35(38)39/h3-5,8-13,16-18,20,26,29H,6-7,14-15,19,21-22H2,1-2H3,(H,32,37)/t29-/m1/s1. The molecule has 1 saturated carbocycles. The van der Waals surface area contributed by atoms with Crippen LogP contribution in [0.5, 0.6) is 0 Å². The van der Waals surface area contributed by atoms with Crippen molar-refractivity contribution in [2.75, 3.05) is 17.1 Å². The van der Waals surface area contributed by atoms with E-state index in [2.05, 4.69) is 5.32 Å². The van der Waals surface area contributed by atoms with Crippen LogP contribution in [0.1, 0.15) is 42.4 Å². The van der Waals surface area contributed by atoms with Gasteiger partial charge in [0.15, 0.2) is 0 Å². The fourth-order valence-corrected chi connectivity index (χ4v) is 6.15. The molecule has 0 bridgehead atoms. The highest BCUT2D eigenvalue weighted by molar-refractivity contribution is 7.92. The van der Waals surface area contributed by atoms with Crippen molar-refractivity contribution in [2.45, 2.75) is 57.7 Å². The number of hydrogen-bond acceptors (Lipinski definition) is 6. The van der Waals surface area contributed by atoms with E-state index < -0.39 is 33.4 Å². The average Bonchev–Trinajstić information content (AvgIpc) is 3.46. The van der Waals surface area contributed by atoms with Crippen LogP contribution in [0.3, 0.4) is 0 Å². The van der Waals surface area contributed by atoms with Gasteiger partial charge in [0.25, 0.3) is 5.69 Å². The summed E-state index contributed by atoms with van der Waals surface area (Å²) in [6.45, 7) is 1.37. The zero-order valence-corrected chi connectivity index (χ0v) is 24.6. The van der Waals surface area contributed by atoms with Gasteiger partial charge >= 0.3 is 0 Å². The molecule has 0 radical (unpaired) electrons. The smallest absolute Gasteiger partial charge is 0.271 e. The number of anilines is 1. The lowest BCUT2D eigenvalue weighted by Crippen LogP contribution is -2.54. The molecule has 0 heterocycles. The molecule has 0 aliphatic heterocycles. The molecule has 3 aromatic rings. The monoisotopic (exact) mass is 592 g/mol. The van der Waals surface area contributed by atoms with Crippen molar-refractivity contribution in [1.82, 2.24) is 10.2 Å². The molecule has 0 unspecified atom stereocenters. The molecule has 0 aromatic heterocycles. The maximum absolute atomic E-state index is 14.2. The minimum absolute atomic E-state index is 0.00873. The third kappa shape index (κ3) is 8.16. The Balaban J connectivity index is 1.74. The van der Waals surface area contributed by atoms with E-state index in [1.165, 1.54) is 23.1 Å². The quantitative estimate of drug-likeness (QED) is 0.246. The Hall–Kier alpha value is -4.25. The molecule has 10 nitrogen and oxygen atoms in total. The Morgan fingerprint density at radius 1 is 0.976 bits per heavy atom. The fourth-order valence-electron chi connectivity index (χ4n) is 5.30. The predicted octanol–water partition coefficient (Wildman–Crippen LogP) is 4.37. The van der Waals surface area contributed by atoms with Crippen molar-refractivity contribution in [3.8, 4) is 0 Å². The van der Waals surface area contributed by atoms with Crippen LogP contribution in [0.2, 0.25) is 0 Å². The number of hydrogen-bond donors (Lipinski definition) is 1. The zero-order chi connectivity index (χ0) is 30.3. The fraction of sp³-hybridized carbons (Fsp3) is 0.355. The van der Waals surface area contributed by atoms with Crippen LogP contribution in [-0.4, -0.2) is 54.9 Å². The number of sulfonamides is 1. The van der Waals surface area contributed by atoms with E-state index in [4.69, 9.17) is 0 Å². The Labute approximate surface area is 246 Å². The van der Waals surface area contributed by atoms with Gasteiger partial charge in [-0.1, -0.05) is 79.1 Å². The van der Waals surface area contributed by atoms with Crippen molar-refractivity contribution in [3.63, 3.8) is 0 Å².